The molecule has 0 saturated heterocycles. The smallest absolute Gasteiger partial charge is 0.303 e. The lowest BCUT2D eigenvalue weighted by Gasteiger charge is -2.00. The van der Waals surface area contributed by atoms with E-state index in [0.717, 1.165) is 12.0 Å². The first-order chi connectivity index (χ1) is 5.70. The molecule has 12 heavy (non-hydrogen) atoms. The van der Waals surface area contributed by atoms with E-state index in [1.165, 1.54) is 0 Å². The third kappa shape index (κ3) is 5.92. The van der Waals surface area contributed by atoms with Crippen LogP contribution in [0.5, 0.6) is 0 Å². The molecule has 0 spiro atoms. The highest BCUT2D eigenvalue weighted by atomic mass is 16.4. The zero-order valence-corrected chi connectivity index (χ0v) is 7.42. The molecule has 3 nitrogen and oxygen atoms in total. The largest absolute Gasteiger partial charge is 0.481 e. The number of hydrogen-bond donors (Lipinski definition) is 2. The standard InChI is InChI=1S/C9H16O3/c1-2-8(6-7-10)4-3-5-9(11)12/h4,10H,2-3,5-7H2,1H3,(H,11,12)/b8-4-. The van der Waals surface area contributed by atoms with Gasteiger partial charge in [0.05, 0.1) is 0 Å². The molecule has 0 aliphatic carbocycles. The Bertz CT molecular complexity index is 161. The van der Waals surface area contributed by atoms with Gasteiger partial charge in [0, 0.05) is 13.0 Å². The van der Waals surface area contributed by atoms with Gasteiger partial charge in [-0.15, -0.1) is 0 Å². The third-order valence-corrected chi connectivity index (χ3v) is 1.68. The van der Waals surface area contributed by atoms with Crippen molar-refractivity contribution in [3.63, 3.8) is 0 Å². The lowest BCUT2D eigenvalue weighted by Crippen LogP contribution is -1.93. The molecule has 2 N–H and O–H groups in total. The number of aliphatic hydroxyl groups excluding tert-OH is 1. The molecule has 0 amide bonds. The first-order valence-corrected chi connectivity index (χ1v) is 4.21. The van der Waals surface area contributed by atoms with Gasteiger partial charge < -0.3 is 10.2 Å². The molecule has 0 aromatic heterocycles. The molecule has 0 aromatic carbocycles. The number of aliphatic hydroxyl groups is 1. The van der Waals surface area contributed by atoms with Crippen LogP contribution in [0, 0.1) is 0 Å². The van der Waals surface area contributed by atoms with Gasteiger partial charge in [0.2, 0.25) is 0 Å². The van der Waals surface area contributed by atoms with Gasteiger partial charge in [0.15, 0.2) is 0 Å². The van der Waals surface area contributed by atoms with Crippen LogP contribution in [-0.4, -0.2) is 22.8 Å². The molecule has 70 valence electrons. The normalized spacial score (nSPS) is 11.7. The molecule has 0 heterocycles. The zero-order valence-electron chi connectivity index (χ0n) is 7.42. The number of allylic oxidation sites excluding steroid dienone is 1. The van der Waals surface area contributed by atoms with Crippen molar-refractivity contribution in [2.75, 3.05) is 6.61 Å². The number of aliphatic carboxylic acids is 1. The van der Waals surface area contributed by atoms with E-state index in [2.05, 4.69) is 0 Å². The second-order valence-corrected chi connectivity index (χ2v) is 2.62. The maximum atomic E-state index is 10.1. The summed E-state index contributed by atoms with van der Waals surface area (Å²) in [5, 5.41) is 17.0. The fraction of sp³-hybridized carbons (Fsp3) is 0.667. The maximum Gasteiger partial charge on any atom is 0.303 e. The van der Waals surface area contributed by atoms with E-state index in [-0.39, 0.29) is 13.0 Å². The fourth-order valence-electron chi connectivity index (χ4n) is 0.967. The van der Waals surface area contributed by atoms with Gasteiger partial charge in [-0.3, -0.25) is 4.79 Å². The van der Waals surface area contributed by atoms with Crippen molar-refractivity contribution >= 4 is 5.97 Å². The molecule has 0 aromatic rings. The molecule has 0 aliphatic rings. The maximum absolute atomic E-state index is 10.1. The van der Waals surface area contributed by atoms with Gasteiger partial charge in [-0.25, -0.2) is 0 Å². The molecule has 0 rings (SSSR count). The van der Waals surface area contributed by atoms with Crippen molar-refractivity contribution in [1.29, 1.82) is 0 Å². The number of carboxylic acids is 1. The van der Waals surface area contributed by atoms with Crippen molar-refractivity contribution in [2.24, 2.45) is 0 Å². The van der Waals surface area contributed by atoms with E-state index in [4.69, 9.17) is 10.2 Å². The lowest BCUT2D eigenvalue weighted by molar-refractivity contribution is -0.136. The highest BCUT2D eigenvalue weighted by Gasteiger charge is 1.96. The van der Waals surface area contributed by atoms with E-state index < -0.39 is 5.97 Å². The first-order valence-electron chi connectivity index (χ1n) is 4.21. The van der Waals surface area contributed by atoms with Crippen molar-refractivity contribution < 1.29 is 15.0 Å². The quantitative estimate of drug-likeness (QED) is 0.598. The van der Waals surface area contributed by atoms with Gasteiger partial charge in [-0.1, -0.05) is 18.6 Å². The highest BCUT2D eigenvalue weighted by Crippen LogP contribution is 2.07. The topological polar surface area (TPSA) is 57.5 Å². The summed E-state index contributed by atoms with van der Waals surface area (Å²) in [5.41, 5.74) is 1.14. The van der Waals surface area contributed by atoms with Gasteiger partial charge in [-0.05, 0) is 19.3 Å². The summed E-state index contributed by atoms with van der Waals surface area (Å²) in [5.74, 6) is -0.772. The molecule has 0 bridgehead atoms. The molecular formula is C9H16O3. The minimum absolute atomic E-state index is 0.146. The molecular weight excluding hydrogens is 156 g/mol. The Balaban J connectivity index is 3.69. The number of rotatable bonds is 6. The van der Waals surface area contributed by atoms with E-state index in [9.17, 15) is 4.79 Å². The van der Waals surface area contributed by atoms with Crippen LogP contribution in [0.2, 0.25) is 0 Å². The Morgan fingerprint density at radius 1 is 1.42 bits per heavy atom. The average Bonchev–Trinajstić information content (AvgIpc) is 2.02. The molecule has 0 atom stereocenters. The Morgan fingerprint density at radius 3 is 2.50 bits per heavy atom. The van der Waals surface area contributed by atoms with E-state index in [0.29, 0.717) is 12.8 Å². The third-order valence-electron chi connectivity index (χ3n) is 1.68. The highest BCUT2D eigenvalue weighted by molar-refractivity contribution is 5.66. The zero-order chi connectivity index (χ0) is 9.40. The minimum atomic E-state index is -0.772. The van der Waals surface area contributed by atoms with Crippen LogP contribution in [0.3, 0.4) is 0 Å². The molecule has 0 aliphatic heterocycles. The van der Waals surface area contributed by atoms with Gasteiger partial charge in [-0.2, -0.15) is 0 Å². The first kappa shape index (κ1) is 11.2. The van der Waals surface area contributed by atoms with Crippen molar-refractivity contribution in [3.8, 4) is 0 Å². The summed E-state index contributed by atoms with van der Waals surface area (Å²) >= 11 is 0. The lowest BCUT2D eigenvalue weighted by atomic mass is 10.1. The average molecular weight is 172 g/mol. The van der Waals surface area contributed by atoms with Gasteiger partial charge >= 0.3 is 5.97 Å². The summed E-state index contributed by atoms with van der Waals surface area (Å²) in [6.07, 6.45) is 4.20. The van der Waals surface area contributed by atoms with Gasteiger partial charge in [0.1, 0.15) is 0 Å². The summed E-state index contributed by atoms with van der Waals surface area (Å²) in [6.45, 7) is 2.15. The van der Waals surface area contributed by atoms with Gasteiger partial charge in [0.25, 0.3) is 0 Å². The second kappa shape index (κ2) is 6.85. The van der Waals surface area contributed by atoms with Crippen LogP contribution in [0.1, 0.15) is 32.6 Å². The summed E-state index contributed by atoms with van der Waals surface area (Å²) in [4.78, 5) is 10.1. The Morgan fingerprint density at radius 2 is 2.08 bits per heavy atom. The van der Waals surface area contributed by atoms with Crippen LogP contribution >= 0.6 is 0 Å². The second-order valence-electron chi connectivity index (χ2n) is 2.62. The van der Waals surface area contributed by atoms with Crippen molar-refractivity contribution in [2.45, 2.75) is 32.6 Å². The van der Waals surface area contributed by atoms with Crippen molar-refractivity contribution in [1.82, 2.24) is 0 Å². The minimum Gasteiger partial charge on any atom is -0.481 e. The Kier molecular flexibility index (Phi) is 6.38. The molecule has 0 saturated carbocycles. The van der Waals surface area contributed by atoms with E-state index >= 15 is 0 Å². The number of hydrogen-bond acceptors (Lipinski definition) is 2. The van der Waals surface area contributed by atoms with Crippen LogP contribution < -0.4 is 0 Å². The van der Waals surface area contributed by atoms with Crippen LogP contribution in [-0.2, 0) is 4.79 Å². The summed E-state index contributed by atoms with van der Waals surface area (Å²) < 4.78 is 0. The number of carbonyl (C=O) groups is 1. The van der Waals surface area contributed by atoms with Crippen LogP contribution in [0.25, 0.3) is 0 Å². The van der Waals surface area contributed by atoms with E-state index in [1.807, 2.05) is 13.0 Å². The van der Waals surface area contributed by atoms with E-state index in [1.54, 1.807) is 0 Å². The predicted octanol–water partition coefficient (Wildman–Crippen LogP) is 1.57. The molecule has 0 radical (unpaired) electrons. The molecule has 0 fully saturated rings. The van der Waals surface area contributed by atoms with Crippen molar-refractivity contribution in [3.05, 3.63) is 11.6 Å². The molecule has 0 unspecified atom stereocenters. The number of carboxylic acid groups (broad SMARTS) is 1. The molecule has 3 heteroatoms. The summed E-state index contributed by atoms with van der Waals surface area (Å²) in [7, 11) is 0. The SMILES string of the molecule is CC/C(=C/CCC(=O)O)CCO. The Labute approximate surface area is 72.7 Å². The summed E-state index contributed by atoms with van der Waals surface area (Å²) in [6, 6.07) is 0. The monoisotopic (exact) mass is 172 g/mol. The van der Waals surface area contributed by atoms with Crippen LogP contribution in [0.4, 0.5) is 0 Å². The van der Waals surface area contributed by atoms with Crippen LogP contribution in [0.15, 0.2) is 11.6 Å². The fourth-order valence-corrected chi connectivity index (χ4v) is 0.967. The Hall–Kier alpha value is -0.830. The predicted molar refractivity (Wildman–Crippen MR) is 46.9 cm³/mol.